The predicted molar refractivity (Wildman–Crippen MR) is 110 cm³/mol. The fourth-order valence-electron chi connectivity index (χ4n) is 4.38. The van der Waals surface area contributed by atoms with E-state index >= 15 is 0 Å². The lowest BCUT2D eigenvalue weighted by Gasteiger charge is -2.22. The molecule has 4 aromatic rings. The van der Waals surface area contributed by atoms with Crippen molar-refractivity contribution in [2.24, 2.45) is 0 Å². The number of aromatic nitrogens is 2. The van der Waals surface area contributed by atoms with E-state index < -0.39 is 0 Å². The van der Waals surface area contributed by atoms with Gasteiger partial charge in [-0.25, -0.2) is 0 Å². The van der Waals surface area contributed by atoms with E-state index in [0.717, 1.165) is 22.3 Å². The molecule has 27 heavy (non-hydrogen) atoms. The van der Waals surface area contributed by atoms with Crippen LogP contribution in [0.5, 0.6) is 0 Å². The summed E-state index contributed by atoms with van der Waals surface area (Å²) in [6.07, 6.45) is 6.39. The zero-order valence-corrected chi connectivity index (χ0v) is 15.2. The lowest BCUT2D eigenvalue weighted by Crippen LogP contribution is -2.07. The summed E-state index contributed by atoms with van der Waals surface area (Å²) in [6, 6.07) is 20.7. The van der Waals surface area contributed by atoms with Crippen molar-refractivity contribution in [2.45, 2.75) is 38.0 Å². The van der Waals surface area contributed by atoms with Crippen LogP contribution in [-0.4, -0.2) is 9.97 Å². The Morgan fingerprint density at radius 1 is 0.926 bits per heavy atom. The zero-order chi connectivity index (χ0) is 18.2. The minimum atomic E-state index is 0.550. The first kappa shape index (κ1) is 16.1. The van der Waals surface area contributed by atoms with Crippen molar-refractivity contribution in [1.82, 2.24) is 9.97 Å². The Kier molecular flexibility index (Phi) is 3.90. The number of H-pyrrole nitrogens is 1. The SMILES string of the molecule is N#Cc1ccc(-c2nc(C3CCCCC3)cc3c2[nH]c2ccccc23)cc1. The maximum Gasteiger partial charge on any atom is 0.0991 e. The van der Waals surface area contributed by atoms with Crippen molar-refractivity contribution >= 4 is 21.8 Å². The van der Waals surface area contributed by atoms with Gasteiger partial charge < -0.3 is 4.98 Å². The maximum atomic E-state index is 9.11. The third-order valence-corrected chi connectivity index (χ3v) is 5.83. The summed E-state index contributed by atoms with van der Waals surface area (Å²) in [4.78, 5) is 8.71. The maximum absolute atomic E-state index is 9.11. The fraction of sp³-hybridized carbons (Fsp3) is 0.250. The predicted octanol–water partition coefficient (Wildman–Crippen LogP) is 6.30. The van der Waals surface area contributed by atoms with Gasteiger partial charge in [-0.15, -0.1) is 0 Å². The van der Waals surface area contributed by atoms with Gasteiger partial charge in [-0.05, 0) is 37.1 Å². The Labute approximate surface area is 158 Å². The first-order valence-electron chi connectivity index (χ1n) is 9.75. The lowest BCUT2D eigenvalue weighted by atomic mass is 9.86. The van der Waals surface area contributed by atoms with Gasteiger partial charge in [-0.2, -0.15) is 5.26 Å². The molecule has 0 radical (unpaired) electrons. The Balaban J connectivity index is 1.76. The molecule has 0 atom stereocenters. The van der Waals surface area contributed by atoms with Gasteiger partial charge in [-0.3, -0.25) is 4.98 Å². The van der Waals surface area contributed by atoms with Gasteiger partial charge in [0.25, 0.3) is 0 Å². The van der Waals surface area contributed by atoms with E-state index in [-0.39, 0.29) is 0 Å². The highest BCUT2D eigenvalue weighted by Crippen LogP contribution is 2.38. The molecule has 1 aliphatic rings. The van der Waals surface area contributed by atoms with E-state index in [1.165, 1.54) is 48.6 Å². The highest BCUT2D eigenvalue weighted by Gasteiger charge is 2.20. The van der Waals surface area contributed by atoms with Crippen LogP contribution in [0.15, 0.2) is 54.6 Å². The number of nitrogens with zero attached hydrogens (tertiary/aromatic N) is 2. The van der Waals surface area contributed by atoms with Crippen molar-refractivity contribution in [3.05, 3.63) is 65.9 Å². The van der Waals surface area contributed by atoms with Crippen molar-refractivity contribution in [1.29, 1.82) is 5.26 Å². The number of rotatable bonds is 2. The monoisotopic (exact) mass is 351 g/mol. The van der Waals surface area contributed by atoms with E-state index in [4.69, 9.17) is 10.2 Å². The minimum Gasteiger partial charge on any atom is -0.353 e. The van der Waals surface area contributed by atoms with Crippen LogP contribution in [0.3, 0.4) is 0 Å². The van der Waals surface area contributed by atoms with Crippen molar-refractivity contribution < 1.29 is 0 Å². The molecule has 1 fully saturated rings. The average molecular weight is 351 g/mol. The van der Waals surface area contributed by atoms with Gasteiger partial charge in [0.05, 0.1) is 22.8 Å². The van der Waals surface area contributed by atoms with Crippen LogP contribution in [0.1, 0.15) is 49.3 Å². The number of benzene rings is 2. The fourth-order valence-corrected chi connectivity index (χ4v) is 4.38. The van der Waals surface area contributed by atoms with Crippen molar-refractivity contribution in [3.8, 4) is 17.3 Å². The molecule has 132 valence electrons. The highest BCUT2D eigenvalue weighted by molar-refractivity contribution is 6.11. The van der Waals surface area contributed by atoms with Crippen LogP contribution in [0.4, 0.5) is 0 Å². The number of hydrogen-bond acceptors (Lipinski definition) is 2. The van der Waals surface area contributed by atoms with Gasteiger partial charge in [-0.1, -0.05) is 49.6 Å². The quantitative estimate of drug-likeness (QED) is 0.460. The molecule has 0 saturated heterocycles. The molecule has 1 N–H and O–H groups in total. The van der Waals surface area contributed by atoms with Gasteiger partial charge in [0.2, 0.25) is 0 Å². The molecule has 2 heterocycles. The third-order valence-electron chi connectivity index (χ3n) is 5.83. The summed E-state index contributed by atoms with van der Waals surface area (Å²) >= 11 is 0. The number of nitrogens with one attached hydrogen (secondary N) is 1. The summed E-state index contributed by atoms with van der Waals surface area (Å²) in [5, 5.41) is 11.6. The molecule has 1 saturated carbocycles. The molecule has 2 aromatic carbocycles. The van der Waals surface area contributed by atoms with Gasteiger partial charge in [0.1, 0.15) is 0 Å². The number of hydrogen-bond donors (Lipinski definition) is 1. The molecule has 1 aliphatic carbocycles. The average Bonchev–Trinajstić information content (AvgIpc) is 3.12. The van der Waals surface area contributed by atoms with Gasteiger partial charge >= 0.3 is 0 Å². The largest absolute Gasteiger partial charge is 0.353 e. The van der Waals surface area contributed by atoms with Gasteiger partial charge in [0.15, 0.2) is 0 Å². The van der Waals surface area contributed by atoms with Crippen LogP contribution >= 0.6 is 0 Å². The van der Waals surface area contributed by atoms with E-state index in [1.54, 1.807) is 0 Å². The number of para-hydroxylation sites is 1. The van der Waals surface area contributed by atoms with E-state index in [2.05, 4.69) is 41.4 Å². The van der Waals surface area contributed by atoms with Crippen molar-refractivity contribution in [3.63, 3.8) is 0 Å². The second-order valence-corrected chi connectivity index (χ2v) is 7.51. The third kappa shape index (κ3) is 2.78. The molecule has 0 spiro atoms. The standard InChI is InChI=1S/C24H21N3/c25-15-16-10-12-18(13-11-16)23-24-20(19-8-4-5-9-21(19)26-24)14-22(27-23)17-6-2-1-3-7-17/h4-5,8-14,17,26H,1-3,6-7H2. The molecule has 0 amide bonds. The smallest absolute Gasteiger partial charge is 0.0991 e. The van der Waals surface area contributed by atoms with Crippen LogP contribution in [0.25, 0.3) is 33.1 Å². The summed E-state index contributed by atoms with van der Waals surface area (Å²) in [5.41, 5.74) is 6.17. The van der Waals surface area contributed by atoms with Crippen LogP contribution in [0.2, 0.25) is 0 Å². The Morgan fingerprint density at radius 3 is 2.48 bits per heavy atom. The first-order chi connectivity index (χ1) is 13.3. The van der Waals surface area contributed by atoms with Crippen LogP contribution in [0, 0.1) is 11.3 Å². The second-order valence-electron chi connectivity index (χ2n) is 7.51. The summed E-state index contributed by atoms with van der Waals surface area (Å²) < 4.78 is 0. The Morgan fingerprint density at radius 2 is 1.70 bits per heavy atom. The number of aromatic amines is 1. The second kappa shape index (κ2) is 6.55. The topological polar surface area (TPSA) is 52.5 Å². The van der Waals surface area contributed by atoms with Crippen LogP contribution in [-0.2, 0) is 0 Å². The first-order valence-corrected chi connectivity index (χ1v) is 9.75. The summed E-state index contributed by atoms with van der Waals surface area (Å²) in [7, 11) is 0. The molecular weight excluding hydrogens is 330 g/mol. The Hall–Kier alpha value is -3.12. The van der Waals surface area contributed by atoms with Gasteiger partial charge in [0, 0.05) is 33.5 Å². The molecule has 3 heteroatoms. The normalized spacial score (nSPS) is 15.2. The Bertz CT molecular complexity index is 1160. The molecule has 2 aromatic heterocycles. The lowest BCUT2D eigenvalue weighted by molar-refractivity contribution is 0.437. The molecule has 3 nitrogen and oxygen atoms in total. The number of pyridine rings is 1. The molecule has 0 unspecified atom stereocenters. The van der Waals surface area contributed by atoms with E-state index in [0.29, 0.717) is 11.5 Å². The highest BCUT2D eigenvalue weighted by atomic mass is 14.8. The number of fused-ring (bicyclic) bond motifs is 3. The summed E-state index contributed by atoms with van der Waals surface area (Å²) in [5.74, 6) is 0.550. The minimum absolute atomic E-state index is 0.550. The van der Waals surface area contributed by atoms with E-state index in [1.807, 2.05) is 24.3 Å². The molecular formula is C24H21N3. The molecule has 0 aliphatic heterocycles. The summed E-state index contributed by atoms with van der Waals surface area (Å²) in [6.45, 7) is 0. The van der Waals surface area contributed by atoms with E-state index in [9.17, 15) is 0 Å². The molecule has 5 rings (SSSR count). The van der Waals surface area contributed by atoms with Crippen molar-refractivity contribution in [2.75, 3.05) is 0 Å². The van der Waals surface area contributed by atoms with Crippen LogP contribution < -0.4 is 0 Å². The number of nitriles is 1. The zero-order valence-electron chi connectivity index (χ0n) is 15.2. The molecule has 0 bridgehead atoms.